The molecule has 1 amide bonds. The van der Waals surface area contributed by atoms with E-state index in [1.54, 1.807) is 4.90 Å². The Kier molecular flexibility index (Phi) is 5.65. The summed E-state index contributed by atoms with van der Waals surface area (Å²) in [5.74, 6) is -0.891. The smallest absolute Gasteiger partial charge is 0.251 e. The molecule has 0 unspecified atom stereocenters. The molecule has 0 N–H and O–H groups in total. The molecule has 0 radical (unpaired) electrons. The van der Waals surface area contributed by atoms with Crippen molar-refractivity contribution >= 4 is 50.0 Å². The maximum atomic E-state index is 13.5. The standard InChI is InChI=1S/C17H20ClFN2O3S2/c1-3-10(4-2)16(22)20-17-21(11-5-6-13(19)12(18)7-11)14-8-26(23,24)9-15(14)25-17/h5-7,10,14-15H,3-4,8-9H2,1-2H3/t14-,15+/m1/s1. The van der Waals surface area contributed by atoms with Crippen LogP contribution in [0.15, 0.2) is 23.2 Å². The molecule has 2 atom stereocenters. The van der Waals surface area contributed by atoms with Gasteiger partial charge in [0.2, 0.25) is 0 Å². The Morgan fingerprint density at radius 3 is 2.69 bits per heavy atom. The summed E-state index contributed by atoms with van der Waals surface area (Å²) in [7, 11) is -3.15. The number of nitrogens with zero attached hydrogens (tertiary/aromatic N) is 2. The van der Waals surface area contributed by atoms with Crippen molar-refractivity contribution in [2.45, 2.75) is 38.0 Å². The zero-order valence-corrected chi connectivity index (χ0v) is 16.9. The summed E-state index contributed by atoms with van der Waals surface area (Å²) >= 11 is 7.21. The van der Waals surface area contributed by atoms with Crippen LogP contribution in [0, 0.1) is 11.7 Å². The first kappa shape index (κ1) is 19.6. The number of sulfone groups is 1. The van der Waals surface area contributed by atoms with Crippen LogP contribution >= 0.6 is 23.4 Å². The van der Waals surface area contributed by atoms with Crippen LogP contribution in [-0.4, -0.2) is 42.3 Å². The second-order valence-electron chi connectivity index (χ2n) is 6.52. The minimum Gasteiger partial charge on any atom is -0.316 e. The SMILES string of the molecule is CCC(CC)C(=O)N=C1S[C@H]2CS(=O)(=O)C[C@H]2N1c1ccc(F)c(Cl)c1. The third kappa shape index (κ3) is 3.77. The van der Waals surface area contributed by atoms with Crippen molar-refractivity contribution in [3.63, 3.8) is 0 Å². The van der Waals surface area contributed by atoms with Crippen molar-refractivity contribution in [1.29, 1.82) is 0 Å². The normalized spacial score (nSPS) is 25.9. The number of hydrogen-bond donors (Lipinski definition) is 0. The minimum absolute atomic E-state index is 0.0160. The van der Waals surface area contributed by atoms with Crippen molar-refractivity contribution in [2.75, 3.05) is 16.4 Å². The van der Waals surface area contributed by atoms with E-state index >= 15 is 0 Å². The molecule has 3 rings (SSSR count). The van der Waals surface area contributed by atoms with Gasteiger partial charge in [0.25, 0.3) is 5.91 Å². The molecule has 142 valence electrons. The molecule has 1 aromatic rings. The van der Waals surface area contributed by atoms with E-state index in [-0.39, 0.29) is 39.6 Å². The van der Waals surface area contributed by atoms with Gasteiger partial charge in [0.15, 0.2) is 15.0 Å². The van der Waals surface area contributed by atoms with Crippen molar-refractivity contribution in [3.05, 3.63) is 29.0 Å². The third-order valence-electron chi connectivity index (χ3n) is 4.79. The van der Waals surface area contributed by atoms with E-state index in [4.69, 9.17) is 11.6 Å². The van der Waals surface area contributed by atoms with Crippen LogP contribution in [-0.2, 0) is 14.6 Å². The van der Waals surface area contributed by atoms with Gasteiger partial charge in [-0.15, -0.1) is 0 Å². The molecular formula is C17H20ClFN2O3S2. The number of anilines is 1. The maximum absolute atomic E-state index is 13.5. The van der Waals surface area contributed by atoms with Crippen LogP contribution < -0.4 is 4.90 Å². The Labute approximate surface area is 161 Å². The van der Waals surface area contributed by atoms with Gasteiger partial charge in [0.05, 0.1) is 22.6 Å². The predicted molar refractivity (Wildman–Crippen MR) is 104 cm³/mol. The number of amides is 1. The summed E-state index contributed by atoms with van der Waals surface area (Å²) < 4.78 is 37.6. The summed E-state index contributed by atoms with van der Waals surface area (Å²) in [6.07, 6.45) is 1.39. The number of benzene rings is 1. The van der Waals surface area contributed by atoms with Crippen LogP contribution in [0.25, 0.3) is 0 Å². The number of thioether (sulfide) groups is 1. The number of carbonyl (C=O) groups is 1. The second-order valence-corrected chi connectivity index (χ2v) is 10.3. The van der Waals surface area contributed by atoms with E-state index in [1.165, 1.54) is 30.0 Å². The molecule has 0 aromatic heterocycles. The quantitative estimate of drug-likeness (QED) is 0.748. The zero-order chi connectivity index (χ0) is 19.1. The van der Waals surface area contributed by atoms with Gasteiger partial charge >= 0.3 is 0 Å². The molecule has 5 nitrogen and oxygen atoms in total. The molecule has 9 heteroatoms. The molecule has 0 bridgehead atoms. The predicted octanol–water partition coefficient (Wildman–Crippen LogP) is 3.52. The lowest BCUT2D eigenvalue weighted by atomic mass is 10.0. The molecule has 0 aliphatic carbocycles. The highest BCUT2D eigenvalue weighted by Gasteiger charge is 2.49. The average Bonchev–Trinajstić information content (AvgIpc) is 3.02. The van der Waals surface area contributed by atoms with E-state index in [9.17, 15) is 17.6 Å². The average molecular weight is 419 g/mol. The summed E-state index contributed by atoms with van der Waals surface area (Å²) in [4.78, 5) is 18.5. The molecule has 26 heavy (non-hydrogen) atoms. The molecule has 2 aliphatic rings. The van der Waals surface area contributed by atoms with Gasteiger partial charge in [0, 0.05) is 16.9 Å². The fraction of sp³-hybridized carbons (Fsp3) is 0.529. The highest BCUT2D eigenvalue weighted by Crippen LogP contribution is 2.41. The number of hydrogen-bond acceptors (Lipinski definition) is 4. The monoisotopic (exact) mass is 418 g/mol. The van der Waals surface area contributed by atoms with Crippen LogP contribution in [0.4, 0.5) is 10.1 Å². The third-order valence-corrected chi connectivity index (χ3v) is 8.29. The van der Waals surface area contributed by atoms with Crippen LogP contribution in [0.1, 0.15) is 26.7 Å². The maximum Gasteiger partial charge on any atom is 0.251 e. The number of aliphatic imine (C=N–C) groups is 1. The Hall–Kier alpha value is -1.12. The minimum atomic E-state index is -3.15. The zero-order valence-electron chi connectivity index (χ0n) is 14.5. The van der Waals surface area contributed by atoms with Gasteiger partial charge in [-0.1, -0.05) is 37.2 Å². The van der Waals surface area contributed by atoms with Gasteiger partial charge in [0.1, 0.15) is 5.82 Å². The molecule has 2 heterocycles. The Morgan fingerprint density at radius 2 is 2.08 bits per heavy atom. The lowest BCUT2D eigenvalue weighted by Crippen LogP contribution is -2.38. The molecule has 2 aliphatic heterocycles. The molecule has 2 fully saturated rings. The highest BCUT2D eigenvalue weighted by molar-refractivity contribution is 8.16. The van der Waals surface area contributed by atoms with Crippen molar-refractivity contribution < 1.29 is 17.6 Å². The largest absolute Gasteiger partial charge is 0.316 e. The topological polar surface area (TPSA) is 66.8 Å². The first-order valence-corrected chi connectivity index (χ1v) is 11.6. The van der Waals surface area contributed by atoms with Crippen LogP contribution in [0.2, 0.25) is 5.02 Å². The van der Waals surface area contributed by atoms with E-state index in [0.29, 0.717) is 23.7 Å². The highest BCUT2D eigenvalue weighted by atomic mass is 35.5. The number of rotatable bonds is 4. The number of halogens is 2. The van der Waals surface area contributed by atoms with Crippen LogP contribution in [0.5, 0.6) is 0 Å². The molecule has 1 aromatic carbocycles. The molecule has 0 spiro atoms. The van der Waals surface area contributed by atoms with Crippen molar-refractivity contribution in [3.8, 4) is 0 Å². The Balaban J connectivity index is 2.01. The van der Waals surface area contributed by atoms with E-state index in [1.807, 2.05) is 13.8 Å². The Morgan fingerprint density at radius 1 is 1.38 bits per heavy atom. The number of carbonyl (C=O) groups excluding carboxylic acids is 1. The molecule has 2 saturated heterocycles. The van der Waals surface area contributed by atoms with E-state index < -0.39 is 15.7 Å². The van der Waals surface area contributed by atoms with Gasteiger partial charge in [-0.3, -0.25) is 4.79 Å². The molecule has 0 saturated carbocycles. The van der Waals surface area contributed by atoms with E-state index in [2.05, 4.69) is 4.99 Å². The Bertz CT molecular complexity index is 856. The fourth-order valence-corrected chi connectivity index (χ4v) is 7.42. The lowest BCUT2D eigenvalue weighted by Gasteiger charge is -2.25. The number of fused-ring (bicyclic) bond motifs is 1. The van der Waals surface area contributed by atoms with Gasteiger partial charge in [-0.05, 0) is 31.0 Å². The van der Waals surface area contributed by atoms with Crippen LogP contribution in [0.3, 0.4) is 0 Å². The lowest BCUT2D eigenvalue weighted by molar-refractivity contribution is -0.121. The second kappa shape index (κ2) is 7.48. The first-order valence-electron chi connectivity index (χ1n) is 8.49. The first-order chi connectivity index (χ1) is 12.3. The van der Waals surface area contributed by atoms with Gasteiger partial charge in [-0.2, -0.15) is 4.99 Å². The van der Waals surface area contributed by atoms with E-state index in [0.717, 1.165) is 0 Å². The van der Waals surface area contributed by atoms with Crippen molar-refractivity contribution in [1.82, 2.24) is 0 Å². The summed E-state index contributed by atoms with van der Waals surface area (Å²) in [6.45, 7) is 3.87. The fourth-order valence-electron chi connectivity index (χ4n) is 3.32. The number of amidine groups is 1. The van der Waals surface area contributed by atoms with Crippen molar-refractivity contribution in [2.24, 2.45) is 10.9 Å². The summed E-state index contributed by atoms with van der Waals surface area (Å²) in [6, 6.07) is 3.88. The van der Waals surface area contributed by atoms with Gasteiger partial charge in [-0.25, -0.2) is 12.8 Å². The molecular weight excluding hydrogens is 399 g/mol. The summed E-state index contributed by atoms with van der Waals surface area (Å²) in [5.41, 5.74) is 0.546. The van der Waals surface area contributed by atoms with Gasteiger partial charge < -0.3 is 4.90 Å². The summed E-state index contributed by atoms with van der Waals surface area (Å²) in [5, 5.41) is 0.217.